The predicted octanol–water partition coefficient (Wildman–Crippen LogP) is 2.98. The molecule has 2 N–H and O–H groups in total. The molecule has 1 aromatic heterocycles. The number of hydrogen-bond acceptors (Lipinski definition) is 2. The fraction of sp³-hybridized carbons (Fsp3) is 0.214. The number of nitrogens with one attached hydrogen (secondary N) is 2. The largest absolute Gasteiger partial charge is 0.380 e. The lowest BCUT2D eigenvalue weighted by Gasteiger charge is -2.13. The van der Waals surface area contributed by atoms with Crippen LogP contribution < -0.4 is 5.32 Å². The van der Waals surface area contributed by atoms with E-state index in [1.165, 1.54) is 0 Å². The zero-order valence-corrected chi connectivity index (χ0v) is 11.7. The molecular weight excluding hydrogens is 262 g/mol. The van der Waals surface area contributed by atoms with Crippen LogP contribution in [0.3, 0.4) is 0 Å². The number of carbonyl (C=O) groups is 1. The van der Waals surface area contributed by atoms with Crippen LogP contribution in [0.5, 0.6) is 0 Å². The Balaban J connectivity index is 2.15. The second-order valence-electron chi connectivity index (χ2n) is 4.47. The van der Waals surface area contributed by atoms with Crippen LogP contribution in [0.4, 0.5) is 5.69 Å². The number of benzene rings is 1. The van der Waals surface area contributed by atoms with E-state index >= 15 is 0 Å². The summed E-state index contributed by atoms with van der Waals surface area (Å²) in [5.74, 6) is -0.0404. The third kappa shape index (κ3) is 3.29. The first kappa shape index (κ1) is 13.5. The summed E-state index contributed by atoms with van der Waals surface area (Å²) in [6, 6.07) is 7.22. The molecule has 1 heterocycles. The molecule has 1 amide bonds. The molecule has 0 saturated heterocycles. The van der Waals surface area contributed by atoms with Crippen molar-refractivity contribution in [1.29, 1.82) is 0 Å². The van der Waals surface area contributed by atoms with E-state index in [0.29, 0.717) is 17.1 Å². The molecule has 100 valence electrons. The summed E-state index contributed by atoms with van der Waals surface area (Å²) < 4.78 is 0. The van der Waals surface area contributed by atoms with E-state index in [1.807, 2.05) is 18.5 Å². The smallest absolute Gasteiger partial charge is 0.253 e. The monoisotopic (exact) mass is 277 g/mol. The van der Waals surface area contributed by atoms with Gasteiger partial charge in [-0.05, 0) is 29.8 Å². The van der Waals surface area contributed by atoms with Crippen LogP contribution in [0.25, 0.3) is 0 Å². The summed E-state index contributed by atoms with van der Waals surface area (Å²) in [6.07, 6.45) is 3.78. The highest BCUT2D eigenvalue weighted by Gasteiger charge is 2.10. The van der Waals surface area contributed by atoms with Crippen molar-refractivity contribution in [1.82, 2.24) is 9.88 Å². The van der Waals surface area contributed by atoms with Gasteiger partial charge >= 0.3 is 0 Å². The number of H-pyrrole nitrogens is 1. The Labute approximate surface area is 117 Å². The lowest BCUT2D eigenvalue weighted by molar-refractivity contribution is 0.0827. The van der Waals surface area contributed by atoms with Crippen molar-refractivity contribution in [2.24, 2.45) is 0 Å². The van der Waals surface area contributed by atoms with E-state index in [0.717, 1.165) is 11.3 Å². The molecule has 1 aromatic carbocycles. The van der Waals surface area contributed by atoms with Gasteiger partial charge < -0.3 is 15.2 Å². The minimum absolute atomic E-state index is 0.0404. The average molecular weight is 278 g/mol. The summed E-state index contributed by atoms with van der Waals surface area (Å²) in [4.78, 5) is 16.4. The average Bonchev–Trinajstić information content (AvgIpc) is 2.90. The van der Waals surface area contributed by atoms with Gasteiger partial charge in [0.15, 0.2) is 0 Å². The number of halogens is 1. The zero-order valence-electron chi connectivity index (χ0n) is 10.9. The van der Waals surface area contributed by atoms with Gasteiger partial charge in [0.25, 0.3) is 5.91 Å². The second-order valence-corrected chi connectivity index (χ2v) is 4.87. The van der Waals surface area contributed by atoms with Gasteiger partial charge in [-0.3, -0.25) is 4.79 Å². The number of anilines is 1. The van der Waals surface area contributed by atoms with Crippen LogP contribution in [0.2, 0.25) is 5.02 Å². The van der Waals surface area contributed by atoms with E-state index in [4.69, 9.17) is 11.6 Å². The van der Waals surface area contributed by atoms with Crippen LogP contribution in [-0.4, -0.2) is 29.9 Å². The highest BCUT2D eigenvalue weighted by Crippen LogP contribution is 2.24. The predicted molar refractivity (Wildman–Crippen MR) is 77.6 cm³/mol. The van der Waals surface area contributed by atoms with Crippen molar-refractivity contribution in [3.63, 3.8) is 0 Å². The van der Waals surface area contributed by atoms with Crippen molar-refractivity contribution >= 4 is 23.2 Å². The van der Waals surface area contributed by atoms with Crippen LogP contribution in [-0.2, 0) is 6.54 Å². The highest BCUT2D eigenvalue weighted by molar-refractivity contribution is 6.33. The molecule has 0 aliphatic heterocycles. The lowest BCUT2D eigenvalue weighted by atomic mass is 10.1. The lowest BCUT2D eigenvalue weighted by Crippen LogP contribution is -2.21. The molecule has 0 aliphatic rings. The van der Waals surface area contributed by atoms with Crippen LogP contribution in [0.1, 0.15) is 15.9 Å². The molecule has 0 saturated carbocycles. The van der Waals surface area contributed by atoms with Gasteiger partial charge in [-0.25, -0.2) is 0 Å². The van der Waals surface area contributed by atoms with Gasteiger partial charge in [0.2, 0.25) is 0 Å². The highest BCUT2D eigenvalue weighted by atomic mass is 35.5. The van der Waals surface area contributed by atoms with Crippen LogP contribution in [0.15, 0.2) is 36.7 Å². The molecule has 2 aromatic rings. The van der Waals surface area contributed by atoms with Crippen LogP contribution in [0, 0.1) is 0 Å². The third-order valence-corrected chi connectivity index (χ3v) is 3.09. The molecule has 0 aliphatic carbocycles. The summed E-state index contributed by atoms with van der Waals surface area (Å²) in [5, 5.41) is 3.83. The molecule has 0 atom stereocenters. The Morgan fingerprint density at radius 2 is 2.16 bits per heavy atom. The third-order valence-electron chi connectivity index (χ3n) is 2.76. The number of aromatic amines is 1. The normalized spacial score (nSPS) is 10.3. The van der Waals surface area contributed by atoms with E-state index in [-0.39, 0.29) is 5.91 Å². The SMILES string of the molecule is CN(C)C(=O)c1ccc(Cl)c(NCc2cc[nH]c2)c1. The van der Waals surface area contributed by atoms with Crippen LogP contribution >= 0.6 is 11.6 Å². The molecule has 0 fully saturated rings. The van der Waals surface area contributed by atoms with Gasteiger partial charge in [-0.15, -0.1) is 0 Å². The summed E-state index contributed by atoms with van der Waals surface area (Å²) in [5.41, 5.74) is 2.50. The first-order chi connectivity index (χ1) is 9.08. The number of rotatable bonds is 4. The molecule has 2 rings (SSSR count). The minimum Gasteiger partial charge on any atom is -0.380 e. The van der Waals surface area contributed by atoms with Crippen molar-refractivity contribution in [3.8, 4) is 0 Å². The fourth-order valence-electron chi connectivity index (χ4n) is 1.72. The standard InChI is InChI=1S/C14H16ClN3O/c1-18(2)14(19)11-3-4-12(15)13(7-11)17-9-10-5-6-16-8-10/h3-8,16-17H,9H2,1-2H3. The van der Waals surface area contributed by atoms with Gasteiger partial charge in [0, 0.05) is 38.6 Å². The van der Waals surface area contributed by atoms with E-state index in [2.05, 4.69) is 10.3 Å². The zero-order chi connectivity index (χ0) is 13.8. The molecule has 0 radical (unpaired) electrons. The van der Waals surface area contributed by atoms with Crippen molar-refractivity contribution in [2.45, 2.75) is 6.54 Å². The van der Waals surface area contributed by atoms with E-state index in [1.54, 1.807) is 37.2 Å². The van der Waals surface area contributed by atoms with Crippen molar-refractivity contribution < 1.29 is 4.79 Å². The van der Waals surface area contributed by atoms with Gasteiger partial charge in [-0.1, -0.05) is 11.6 Å². The van der Waals surface area contributed by atoms with Gasteiger partial charge in [0.1, 0.15) is 0 Å². The molecule has 19 heavy (non-hydrogen) atoms. The fourth-order valence-corrected chi connectivity index (χ4v) is 1.90. The molecule has 0 bridgehead atoms. The summed E-state index contributed by atoms with van der Waals surface area (Å²) >= 11 is 6.13. The maximum absolute atomic E-state index is 11.9. The molecule has 5 heteroatoms. The van der Waals surface area contributed by atoms with Crippen molar-refractivity contribution in [2.75, 3.05) is 19.4 Å². The number of aromatic nitrogens is 1. The van der Waals surface area contributed by atoms with E-state index < -0.39 is 0 Å². The molecule has 4 nitrogen and oxygen atoms in total. The first-order valence-electron chi connectivity index (χ1n) is 5.94. The first-order valence-corrected chi connectivity index (χ1v) is 6.32. The second kappa shape index (κ2) is 5.80. The Kier molecular flexibility index (Phi) is 4.12. The maximum Gasteiger partial charge on any atom is 0.253 e. The number of hydrogen-bond donors (Lipinski definition) is 2. The Morgan fingerprint density at radius 1 is 1.37 bits per heavy atom. The summed E-state index contributed by atoms with van der Waals surface area (Å²) in [7, 11) is 3.45. The van der Waals surface area contributed by atoms with Gasteiger partial charge in [-0.2, -0.15) is 0 Å². The Morgan fingerprint density at radius 3 is 2.79 bits per heavy atom. The number of carbonyl (C=O) groups excluding carboxylic acids is 1. The van der Waals surface area contributed by atoms with E-state index in [9.17, 15) is 4.79 Å². The minimum atomic E-state index is -0.0404. The van der Waals surface area contributed by atoms with Crippen molar-refractivity contribution in [3.05, 3.63) is 52.8 Å². The Bertz CT molecular complexity index is 564. The van der Waals surface area contributed by atoms with Gasteiger partial charge in [0.05, 0.1) is 10.7 Å². The Hall–Kier alpha value is -1.94. The quantitative estimate of drug-likeness (QED) is 0.903. The molecule has 0 unspecified atom stereocenters. The molecular formula is C14H16ClN3O. The summed E-state index contributed by atoms with van der Waals surface area (Å²) in [6.45, 7) is 0.656. The number of amides is 1. The number of nitrogens with zero attached hydrogens (tertiary/aromatic N) is 1. The maximum atomic E-state index is 11.9. The topological polar surface area (TPSA) is 48.1 Å². The molecule has 0 spiro atoms.